The van der Waals surface area contributed by atoms with E-state index in [1.165, 1.54) is 4.57 Å². The number of H-pyrrole nitrogens is 1. The highest BCUT2D eigenvalue weighted by Crippen LogP contribution is 2.13. The van der Waals surface area contributed by atoms with Gasteiger partial charge in [-0.15, -0.1) is 0 Å². The summed E-state index contributed by atoms with van der Waals surface area (Å²) in [5.41, 5.74) is 2.12. The molecule has 128 valence electrons. The third-order valence-electron chi connectivity index (χ3n) is 3.66. The molecule has 3 aromatic rings. The SMILES string of the molecule is COc1ccc(CNC(=O)Nc2ccc(-n3cc[nH]c3=O)cc2)cc1. The fourth-order valence-electron chi connectivity index (χ4n) is 2.33. The molecule has 25 heavy (non-hydrogen) atoms. The standard InChI is InChI=1S/C18H18N4O3/c1-25-16-8-2-13(3-9-16)12-20-17(23)21-14-4-6-15(7-5-14)22-11-10-19-18(22)24/h2-11H,12H2,1H3,(H,19,24)(H2,20,21,23). The highest BCUT2D eigenvalue weighted by atomic mass is 16.5. The average Bonchev–Trinajstić information content (AvgIpc) is 3.07. The molecule has 3 rings (SSSR count). The molecule has 2 amide bonds. The van der Waals surface area contributed by atoms with Crippen molar-refractivity contribution < 1.29 is 9.53 Å². The zero-order valence-corrected chi connectivity index (χ0v) is 13.7. The van der Waals surface area contributed by atoms with Crippen molar-refractivity contribution in [1.82, 2.24) is 14.9 Å². The first-order valence-electron chi connectivity index (χ1n) is 7.70. The van der Waals surface area contributed by atoms with E-state index in [0.717, 1.165) is 17.0 Å². The highest BCUT2D eigenvalue weighted by Gasteiger charge is 2.04. The second kappa shape index (κ2) is 7.39. The summed E-state index contributed by atoms with van der Waals surface area (Å²) in [6.07, 6.45) is 3.22. The van der Waals surface area contributed by atoms with Gasteiger partial charge >= 0.3 is 11.7 Å². The molecule has 7 heteroatoms. The topological polar surface area (TPSA) is 88.2 Å². The highest BCUT2D eigenvalue weighted by molar-refractivity contribution is 5.89. The maximum absolute atomic E-state index is 12.0. The van der Waals surface area contributed by atoms with Crippen LogP contribution in [0, 0.1) is 0 Å². The second-order valence-corrected chi connectivity index (χ2v) is 5.34. The number of carbonyl (C=O) groups is 1. The minimum absolute atomic E-state index is 0.210. The Morgan fingerprint density at radius 2 is 1.84 bits per heavy atom. The number of nitrogens with zero attached hydrogens (tertiary/aromatic N) is 1. The lowest BCUT2D eigenvalue weighted by atomic mass is 10.2. The Morgan fingerprint density at radius 3 is 2.44 bits per heavy atom. The van der Waals surface area contributed by atoms with Crippen LogP contribution < -0.4 is 21.1 Å². The fraction of sp³-hybridized carbons (Fsp3) is 0.111. The number of urea groups is 1. The van der Waals surface area contributed by atoms with Crippen molar-refractivity contribution in [2.75, 3.05) is 12.4 Å². The van der Waals surface area contributed by atoms with Crippen molar-refractivity contribution in [3.05, 3.63) is 77.0 Å². The summed E-state index contributed by atoms with van der Waals surface area (Å²) < 4.78 is 6.57. The van der Waals surface area contributed by atoms with Crippen molar-refractivity contribution >= 4 is 11.7 Å². The monoisotopic (exact) mass is 338 g/mol. The number of aromatic amines is 1. The van der Waals surface area contributed by atoms with E-state index in [1.54, 1.807) is 43.8 Å². The normalized spacial score (nSPS) is 10.3. The smallest absolute Gasteiger partial charge is 0.330 e. The van der Waals surface area contributed by atoms with Crippen LogP contribution in [0.4, 0.5) is 10.5 Å². The molecule has 0 radical (unpaired) electrons. The molecule has 0 saturated carbocycles. The molecule has 0 fully saturated rings. The number of rotatable bonds is 5. The van der Waals surface area contributed by atoms with E-state index in [9.17, 15) is 9.59 Å². The Labute approximate surface area is 144 Å². The zero-order chi connectivity index (χ0) is 17.6. The molecule has 0 bridgehead atoms. The fourth-order valence-corrected chi connectivity index (χ4v) is 2.33. The molecule has 0 aliphatic heterocycles. The first-order chi connectivity index (χ1) is 12.2. The first-order valence-corrected chi connectivity index (χ1v) is 7.70. The van der Waals surface area contributed by atoms with E-state index < -0.39 is 0 Å². The van der Waals surface area contributed by atoms with Crippen LogP contribution in [-0.4, -0.2) is 22.7 Å². The quantitative estimate of drug-likeness (QED) is 0.668. The molecule has 0 unspecified atom stereocenters. The van der Waals surface area contributed by atoms with Crippen molar-refractivity contribution in [2.24, 2.45) is 0 Å². The van der Waals surface area contributed by atoms with E-state index in [1.807, 2.05) is 24.3 Å². The summed E-state index contributed by atoms with van der Waals surface area (Å²) in [6, 6.07) is 14.2. The van der Waals surface area contributed by atoms with Crippen LogP contribution in [0.25, 0.3) is 5.69 Å². The Bertz CT molecular complexity index is 895. The number of anilines is 1. The molecular weight excluding hydrogens is 320 g/mol. The lowest BCUT2D eigenvalue weighted by Gasteiger charge is -2.09. The van der Waals surface area contributed by atoms with Gasteiger partial charge in [0.25, 0.3) is 0 Å². The summed E-state index contributed by atoms with van der Waals surface area (Å²) in [4.78, 5) is 26.1. The van der Waals surface area contributed by atoms with Gasteiger partial charge < -0.3 is 20.4 Å². The number of ether oxygens (including phenoxy) is 1. The van der Waals surface area contributed by atoms with Gasteiger partial charge in [0.15, 0.2) is 0 Å². The Balaban J connectivity index is 1.55. The van der Waals surface area contributed by atoms with Crippen molar-refractivity contribution in [2.45, 2.75) is 6.54 Å². The van der Waals surface area contributed by atoms with E-state index in [2.05, 4.69) is 15.6 Å². The van der Waals surface area contributed by atoms with E-state index in [-0.39, 0.29) is 11.7 Å². The zero-order valence-electron chi connectivity index (χ0n) is 13.7. The van der Waals surface area contributed by atoms with Gasteiger partial charge in [0.05, 0.1) is 12.8 Å². The van der Waals surface area contributed by atoms with Gasteiger partial charge in [0.1, 0.15) is 5.75 Å². The predicted molar refractivity (Wildman–Crippen MR) is 95.2 cm³/mol. The van der Waals surface area contributed by atoms with Crippen LogP contribution in [0.1, 0.15) is 5.56 Å². The van der Waals surface area contributed by atoms with E-state index >= 15 is 0 Å². The number of hydrogen-bond acceptors (Lipinski definition) is 3. The molecule has 1 heterocycles. The van der Waals surface area contributed by atoms with E-state index in [4.69, 9.17) is 4.74 Å². The number of amides is 2. The summed E-state index contributed by atoms with van der Waals surface area (Å²) in [5.74, 6) is 0.773. The molecule has 0 saturated heterocycles. The third kappa shape index (κ3) is 4.08. The van der Waals surface area contributed by atoms with Crippen molar-refractivity contribution in [1.29, 1.82) is 0 Å². The molecular formula is C18H18N4O3. The lowest BCUT2D eigenvalue weighted by molar-refractivity contribution is 0.251. The maximum atomic E-state index is 12.0. The number of aromatic nitrogens is 2. The summed E-state index contributed by atoms with van der Waals surface area (Å²) in [7, 11) is 1.61. The van der Waals surface area contributed by atoms with Gasteiger partial charge in [-0.05, 0) is 42.0 Å². The van der Waals surface area contributed by atoms with Crippen LogP contribution >= 0.6 is 0 Å². The number of nitrogens with one attached hydrogen (secondary N) is 3. The Kier molecular flexibility index (Phi) is 4.84. The molecule has 7 nitrogen and oxygen atoms in total. The Hall–Kier alpha value is -3.48. The van der Waals surface area contributed by atoms with Crippen LogP contribution in [0.5, 0.6) is 5.75 Å². The van der Waals surface area contributed by atoms with Crippen LogP contribution in [-0.2, 0) is 6.54 Å². The first kappa shape index (κ1) is 16.4. The van der Waals surface area contributed by atoms with Gasteiger partial charge in [-0.2, -0.15) is 0 Å². The summed E-state index contributed by atoms with van der Waals surface area (Å²) in [5, 5.41) is 5.54. The largest absolute Gasteiger partial charge is 0.497 e. The van der Waals surface area contributed by atoms with Gasteiger partial charge in [-0.1, -0.05) is 12.1 Å². The second-order valence-electron chi connectivity index (χ2n) is 5.34. The molecule has 0 atom stereocenters. The van der Waals surface area contributed by atoms with Crippen molar-refractivity contribution in [3.8, 4) is 11.4 Å². The molecule has 3 N–H and O–H groups in total. The molecule has 0 spiro atoms. The van der Waals surface area contributed by atoms with Gasteiger partial charge in [0.2, 0.25) is 0 Å². The summed E-state index contributed by atoms with van der Waals surface area (Å²) >= 11 is 0. The minimum Gasteiger partial charge on any atom is -0.497 e. The molecule has 0 aliphatic carbocycles. The summed E-state index contributed by atoms with van der Waals surface area (Å²) in [6.45, 7) is 0.409. The number of hydrogen-bond donors (Lipinski definition) is 3. The molecule has 2 aromatic carbocycles. The number of carbonyl (C=O) groups excluding carboxylic acids is 1. The predicted octanol–water partition coefficient (Wildman–Crippen LogP) is 2.50. The van der Waals surface area contributed by atoms with E-state index in [0.29, 0.717) is 12.2 Å². The molecule has 1 aromatic heterocycles. The van der Waals surface area contributed by atoms with Crippen LogP contribution in [0.15, 0.2) is 65.7 Å². The van der Waals surface area contributed by atoms with Crippen molar-refractivity contribution in [3.63, 3.8) is 0 Å². The number of imidazole rings is 1. The molecule has 0 aliphatic rings. The van der Waals surface area contributed by atoms with Crippen LogP contribution in [0.2, 0.25) is 0 Å². The van der Waals surface area contributed by atoms with Crippen LogP contribution in [0.3, 0.4) is 0 Å². The average molecular weight is 338 g/mol. The van der Waals surface area contributed by atoms with Gasteiger partial charge in [-0.25, -0.2) is 9.59 Å². The van der Waals surface area contributed by atoms with Gasteiger partial charge in [-0.3, -0.25) is 4.57 Å². The van der Waals surface area contributed by atoms with Gasteiger partial charge in [0, 0.05) is 24.6 Å². The Morgan fingerprint density at radius 1 is 1.12 bits per heavy atom. The minimum atomic E-state index is -0.303. The lowest BCUT2D eigenvalue weighted by Crippen LogP contribution is -2.28. The third-order valence-corrected chi connectivity index (χ3v) is 3.66. The maximum Gasteiger partial charge on any atom is 0.330 e. The number of methoxy groups -OCH3 is 1. The number of benzene rings is 2.